The van der Waals surface area contributed by atoms with Gasteiger partial charge in [0.2, 0.25) is 5.91 Å². The van der Waals surface area contributed by atoms with Crippen molar-refractivity contribution in [1.82, 2.24) is 0 Å². The molecule has 1 aromatic carbocycles. The van der Waals surface area contributed by atoms with Crippen LogP contribution in [0.5, 0.6) is 0 Å². The van der Waals surface area contributed by atoms with E-state index in [1.165, 1.54) is 0 Å². The van der Waals surface area contributed by atoms with Gasteiger partial charge in [0.05, 0.1) is 5.69 Å². The van der Waals surface area contributed by atoms with Crippen molar-refractivity contribution in [3.05, 3.63) is 26.9 Å². The second kappa shape index (κ2) is 5.10. The molecular weight excluding hydrogens is 412 g/mol. The minimum Gasteiger partial charge on any atom is -0.309 e. The summed E-state index contributed by atoms with van der Waals surface area (Å²) in [4.78, 5) is 12.9. The molecule has 1 amide bonds. The Balaban J connectivity index is 2.42. The molecule has 0 saturated carbocycles. The monoisotopic (exact) mass is 417 g/mol. The summed E-state index contributed by atoms with van der Waals surface area (Å²) >= 11 is 6.20. The molecule has 2 rings (SSSR count). The summed E-state index contributed by atoms with van der Waals surface area (Å²) in [5, 5.41) is -1.39. The van der Waals surface area contributed by atoms with Crippen LogP contribution < -0.4 is 4.90 Å². The molecule has 0 spiro atoms. The Kier molecular flexibility index (Phi) is 3.99. The average molecular weight is 419 g/mol. The fraction of sp³-hybridized carbons (Fsp3) is 0.300. The SMILES string of the molecule is O=C1CC(S(=O)(=O)F)CN1c1c(Br)cc(F)cc1Br. The Morgan fingerprint density at radius 2 is 1.79 bits per heavy atom. The van der Waals surface area contributed by atoms with Crippen LogP contribution >= 0.6 is 31.9 Å². The number of hydrogen-bond acceptors (Lipinski definition) is 3. The molecule has 0 aliphatic carbocycles. The van der Waals surface area contributed by atoms with E-state index >= 15 is 0 Å². The molecule has 1 fully saturated rings. The molecule has 1 aromatic rings. The highest BCUT2D eigenvalue weighted by atomic mass is 79.9. The molecule has 19 heavy (non-hydrogen) atoms. The van der Waals surface area contributed by atoms with Crippen LogP contribution in [0, 0.1) is 5.82 Å². The van der Waals surface area contributed by atoms with Crippen molar-refractivity contribution < 1.29 is 21.5 Å². The van der Waals surface area contributed by atoms with Crippen molar-refractivity contribution in [2.24, 2.45) is 0 Å². The molecule has 1 aliphatic rings. The van der Waals surface area contributed by atoms with Gasteiger partial charge in [-0.25, -0.2) is 4.39 Å². The third kappa shape index (κ3) is 2.97. The van der Waals surface area contributed by atoms with Gasteiger partial charge in [-0.3, -0.25) is 4.79 Å². The number of nitrogens with zero attached hydrogens (tertiary/aromatic N) is 1. The van der Waals surface area contributed by atoms with Crippen LogP contribution in [0.3, 0.4) is 0 Å². The van der Waals surface area contributed by atoms with Crippen molar-refractivity contribution >= 4 is 53.7 Å². The summed E-state index contributed by atoms with van der Waals surface area (Å²) in [7, 11) is -4.78. The third-order valence-electron chi connectivity index (χ3n) is 2.74. The maximum atomic E-state index is 13.1. The predicted octanol–water partition coefficient (Wildman–Crippen LogP) is 2.76. The molecule has 1 saturated heterocycles. The highest BCUT2D eigenvalue weighted by Gasteiger charge is 2.40. The van der Waals surface area contributed by atoms with Gasteiger partial charge in [0.25, 0.3) is 0 Å². The van der Waals surface area contributed by atoms with Crippen molar-refractivity contribution in [2.75, 3.05) is 11.4 Å². The topological polar surface area (TPSA) is 54.5 Å². The minimum atomic E-state index is -4.78. The fourth-order valence-corrected chi connectivity index (χ4v) is 4.10. The largest absolute Gasteiger partial charge is 0.309 e. The van der Waals surface area contributed by atoms with Crippen LogP contribution in [-0.2, 0) is 15.0 Å². The summed E-state index contributed by atoms with van der Waals surface area (Å²) in [6, 6.07) is 2.29. The Morgan fingerprint density at radius 3 is 2.21 bits per heavy atom. The van der Waals surface area contributed by atoms with E-state index in [0.29, 0.717) is 0 Å². The maximum Gasteiger partial charge on any atom is 0.307 e. The number of benzene rings is 1. The van der Waals surface area contributed by atoms with Gasteiger partial charge >= 0.3 is 10.2 Å². The predicted molar refractivity (Wildman–Crippen MR) is 72.6 cm³/mol. The molecule has 1 atom stereocenters. The van der Waals surface area contributed by atoms with Crippen molar-refractivity contribution in [3.63, 3.8) is 0 Å². The van der Waals surface area contributed by atoms with Crippen LogP contribution in [-0.4, -0.2) is 26.1 Å². The second-order valence-corrected chi connectivity index (χ2v) is 7.35. The number of anilines is 1. The molecule has 1 heterocycles. The first-order chi connectivity index (χ1) is 8.70. The molecule has 104 valence electrons. The molecule has 4 nitrogen and oxygen atoms in total. The number of carbonyl (C=O) groups excluding carboxylic acids is 1. The molecule has 0 bridgehead atoms. The highest BCUT2D eigenvalue weighted by molar-refractivity contribution is 9.11. The number of carbonyl (C=O) groups is 1. The number of amides is 1. The zero-order valence-corrected chi connectivity index (χ0v) is 13.2. The first-order valence-corrected chi connectivity index (χ1v) is 8.12. The number of rotatable bonds is 2. The van der Waals surface area contributed by atoms with Gasteiger partial charge in [0.1, 0.15) is 11.1 Å². The Labute approximate surface area is 125 Å². The molecular formula is C10H7Br2F2NO3S. The van der Waals surface area contributed by atoms with Gasteiger partial charge in [-0.1, -0.05) is 0 Å². The molecule has 0 N–H and O–H groups in total. The highest BCUT2D eigenvalue weighted by Crippen LogP contribution is 2.38. The molecule has 1 unspecified atom stereocenters. The summed E-state index contributed by atoms with van der Waals surface area (Å²) in [6.45, 7) is -0.291. The van der Waals surface area contributed by atoms with E-state index in [2.05, 4.69) is 31.9 Å². The van der Waals surface area contributed by atoms with Gasteiger partial charge in [-0.15, -0.1) is 3.89 Å². The Morgan fingerprint density at radius 1 is 1.26 bits per heavy atom. The molecule has 9 heteroatoms. The van der Waals surface area contributed by atoms with E-state index in [-0.39, 0.29) is 21.2 Å². The first-order valence-electron chi connectivity index (χ1n) is 5.08. The van der Waals surface area contributed by atoms with E-state index < -0.39 is 33.6 Å². The minimum absolute atomic E-state index is 0.282. The smallest absolute Gasteiger partial charge is 0.307 e. The Bertz CT molecular complexity index is 627. The van der Waals surface area contributed by atoms with Crippen LogP contribution in [0.4, 0.5) is 14.0 Å². The van der Waals surface area contributed by atoms with E-state index in [9.17, 15) is 21.5 Å². The molecule has 1 aliphatic heterocycles. The third-order valence-corrected chi connectivity index (χ3v) is 5.06. The lowest BCUT2D eigenvalue weighted by Gasteiger charge is -2.19. The zero-order valence-electron chi connectivity index (χ0n) is 9.24. The lowest BCUT2D eigenvalue weighted by Crippen LogP contribution is -2.27. The fourth-order valence-electron chi connectivity index (χ4n) is 1.87. The van der Waals surface area contributed by atoms with Crippen LogP contribution in [0.2, 0.25) is 0 Å². The summed E-state index contributed by atoms with van der Waals surface area (Å²) < 4.78 is 48.3. The second-order valence-electron chi connectivity index (χ2n) is 4.02. The molecule has 0 aromatic heterocycles. The van der Waals surface area contributed by atoms with Gasteiger partial charge in [-0.05, 0) is 44.0 Å². The standard InChI is InChI=1S/C10H7Br2F2NO3S/c11-7-1-5(13)2-8(12)10(7)15-4-6(3-9(15)16)19(14,17)18/h1-2,6H,3-4H2. The van der Waals surface area contributed by atoms with Gasteiger partial charge in [-0.2, -0.15) is 8.42 Å². The van der Waals surface area contributed by atoms with Crippen LogP contribution in [0.25, 0.3) is 0 Å². The summed E-state index contributed by atoms with van der Waals surface area (Å²) in [6.07, 6.45) is -0.422. The van der Waals surface area contributed by atoms with Crippen molar-refractivity contribution in [3.8, 4) is 0 Å². The first kappa shape index (κ1) is 14.9. The summed E-state index contributed by atoms with van der Waals surface area (Å²) in [5.41, 5.74) is 0.289. The number of hydrogen-bond donors (Lipinski definition) is 0. The van der Waals surface area contributed by atoms with Crippen LogP contribution in [0.1, 0.15) is 6.42 Å². The van der Waals surface area contributed by atoms with Gasteiger partial charge in [0.15, 0.2) is 0 Å². The van der Waals surface area contributed by atoms with E-state index in [1.54, 1.807) is 0 Å². The van der Waals surface area contributed by atoms with Crippen molar-refractivity contribution in [1.29, 1.82) is 0 Å². The van der Waals surface area contributed by atoms with E-state index in [1.807, 2.05) is 0 Å². The Hall–Kier alpha value is -0.540. The summed E-state index contributed by atoms with van der Waals surface area (Å²) in [5.74, 6) is -1.05. The normalized spacial score (nSPS) is 20.1. The van der Waals surface area contributed by atoms with Gasteiger partial charge in [0, 0.05) is 21.9 Å². The lowest BCUT2D eigenvalue weighted by molar-refractivity contribution is -0.117. The molecule has 0 radical (unpaired) electrons. The lowest BCUT2D eigenvalue weighted by atomic mass is 10.3. The quantitative estimate of drug-likeness (QED) is 0.694. The zero-order chi connectivity index (χ0) is 14.4. The maximum absolute atomic E-state index is 13.1. The van der Waals surface area contributed by atoms with Crippen LogP contribution in [0.15, 0.2) is 21.1 Å². The average Bonchev–Trinajstić information content (AvgIpc) is 2.59. The number of halogens is 4. The van der Waals surface area contributed by atoms with Gasteiger partial charge < -0.3 is 4.90 Å². The van der Waals surface area contributed by atoms with E-state index in [4.69, 9.17) is 0 Å². The van der Waals surface area contributed by atoms with Crippen molar-refractivity contribution in [2.45, 2.75) is 11.7 Å². The van der Waals surface area contributed by atoms with E-state index in [0.717, 1.165) is 17.0 Å².